The van der Waals surface area contributed by atoms with Crippen LogP contribution in [0.4, 0.5) is 4.39 Å². The van der Waals surface area contributed by atoms with Gasteiger partial charge in [0.05, 0.1) is 10.3 Å². The summed E-state index contributed by atoms with van der Waals surface area (Å²) in [5.41, 5.74) is 1.45. The maximum absolute atomic E-state index is 15.0. The smallest absolute Gasteiger partial charge is 0.313 e. The molecule has 0 fully saturated rings. The zero-order chi connectivity index (χ0) is 27.5. The molecule has 0 radical (unpaired) electrons. The molecule has 0 saturated carbocycles. The number of aromatic nitrogens is 3. The van der Waals surface area contributed by atoms with Crippen molar-refractivity contribution in [3.8, 4) is 5.69 Å². The SMILES string of the molecule is Cc1ccc(C)c(Cc2nc(COC(=O)C(C)(C)CO[N+](=O)[O-])nn2-c2ccc(S(N)(=O)=O)cc2F)c1. The molecule has 0 amide bonds. The number of rotatable bonds is 10. The van der Waals surface area contributed by atoms with Crippen LogP contribution in [0.15, 0.2) is 41.3 Å². The Labute approximate surface area is 212 Å². The predicted molar refractivity (Wildman–Crippen MR) is 128 cm³/mol. The van der Waals surface area contributed by atoms with Gasteiger partial charge in [0.1, 0.15) is 23.9 Å². The monoisotopic (exact) mass is 535 g/mol. The van der Waals surface area contributed by atoms with Crippen LogP contribution in [0, 0.1) is 35.2 Å². The van der Waals surface area contributed by atoms with E-state index >= 15 is 0 Å². The lowest BCUT2D eigenvalue weighted by Gasteiger charge is -2.20. The fourth-order valence-electron chi connectivity index (χ4n) is 3.36. The van der Waals surface area contributed by atoms with Crippen LogP contribution < -0.4 is 5.14 Å². The molecule has 0 unspecified atom stereocenters. The third-order valence-corrected chi connectivity index (χ3v) is 6.37. The number of hydrogen-bond donors (Lipinski definition) is 1. The average molecular weight is 536 g/mol. The van der Waals surface area contributed by atoms with Crippen LogP contribution in [-0.4, -0.2) is 40.8 Å². The molecule has 37 heavy (non-hydrogen) atoms. The van der Waals surface area contributed by atoms with E-state index in [2.05, 4.69) is 14.9 Å². The van der Waals surface area contributed by atoms with Crippen LogP contribution in [-0.2, 0) is 37.4 Å². The topological polar surface area (TPSA) is 170 Å². The van der Waals surface area contributed by atoms with Crippen molar-refractivity contribution < 1.29 is 32.3 Å². The minimum atomic E-state index is -4.13. The van der Waals surface area contributed by atoms with Gasteiger partial charge in [-0.1, -0.05) is 23.8 Å². The third-order valence-electron chi connectivity index (χ3n) is 5.46. The Balaban J connectivity index is 1.96. The number of halogens is 1. The Hall–Kier alpha value is -3.91. The van der Waals surface area contributed by atoms with Crippen LogP contribution in [0.2, 0.25) is 0 Å². The molecule has 2 aromatic carbocycles. The van der Waals surface area contributed by atoms with Crippen molar-refractivity contribution in [2.45, 2.75) is 45.6 Å². The molecule has 0 spiro atoms. The minimum absolute atomic E-state index is 0.0366. The van der Waals surface area contributed by atoms with Crippen molar-refractivity contribution >= 4 is 16.0 Å². The molecule has 14 heteroatoms. The third kappa shape index (κ3) is 6.86. The molecule has 0 aliphatic carbocycles. The maximum Gasteiger partial charge on any atom is 0.313 e. The van der Waals surface area contributed by atoms with Gasteiger partial charge in [0.25, 0.3) is 5.09 Å². The van der Waals surface area contributed by atoms with Gasteiger partial charge in [0, 0.05) is 6.42 Å². The van der Waals surface area contributed by atoms with Crippen LogP contribution in [0.5, 0.6) is 0 Å². The van der Waals surface area contributed by atoms with Crippen LogP contribution in [0.1, 0.15) is 42.2 Å². The number of ether oxygens (including phenoxy) is 1. The highest BCUT2D eigenvalue weighted by Crippen LogP contribution is 2.23. The van der Waals surface area contributed by atoms with Crippen molar-refractivity contribution in [1.29, 1.82) is 0 Å². The van der Waals surface area contributed by atoms with E-state index in [1.807, 2.05) is 32.0 Å². The highest BCUT2D eigenvalue weighted by molar-refractivity contribution is 7.89. The molecule has 12 nitrogen and oxygen atoms in total. The van der Waals surface area contributed by atoms with Crippen molar-refractivity contribution in [2.75, 3.05) is 6.61 Å². The quantitative estimate of drug-likeness (QED) is 0.233. The Kier molecular flexibility index (Phi) is 7.93. The first-order valence-electron chi connectivity index (χ1n) is 11.0. The summed E-state index contributed by atoms with van der Waals surface area (Å²) in [6, 6.07) is 8.98. The Bertz CT molecular complexity index is 1450. The van der Waals surface area contributed by atoms with Crippen molar-refractivity contribution in [3.05, 3.63) is 80.7 Å². The lowest BCUT2D eigenvalue weighted by Crippen LogP contribution is -2.32. The zero-order valence-corrected chi connectivity index (χ0v) is 21.4. The minimum Gasteiger partial charge on any atom is -0.457 e. The molecule has 2 N–H and O–H groups in total. The standard InChI is InChI=1S/C23H26FN5O7S/c1-14-5-6-15(2)16(9-14)10-21-26-20(12-35-22(30)23(3,4)13-36-29(31)32)27-28(21)19-8-7-17(11-18(19)24)37(25,33)34/h5-9,11H,10,12-13H2,1-4H3,(H2,25,33,34). The Morgan fingerprint density at radius 3 is 2.54 bits per heavy atom. The van der Waals surface area contributed by atoms with Crippen LogP contribution in [0.3, 0.4) is 0 Å². The number of primary sulfonamides is 1. The average Bonchev–Trinajstić information content (AvgIpc) is 3.20. The molecule has 0 atom stereocenters. The van der Waals surface area contributed by atoms with Gasteiger partial charge >= 0.3 is 5.97 Å². The lowest BCUT2D eigenvalue weighted by atomic mass is 9.95. The number of sulfonamides is 1. The molecule has 3 rings (SSSR count). The summed E-state index contributed by atoms with van der Waals surface area (Å²) in [6.07, 6.45) is 0.243. The molecule has 0 saturated heterocycles. The number of aryl methyl sites for hydroxylation is 2. The summed E-state index contributed by atoms with van der Waals surface area (Å²) in [4.78, 5) is 31.2. The largest absolute Gasteiger partial charge is 0.457 e. The number of carbonyl (C=O) groups is 1. The first-order chi connectivity index (χ1) is 17.2. The molecule has 3 aromatic rings. The molecule has 1 heterocycles. The van der Waals surface area contributed by atoms with E-state index in [9.17, 15) is 27.7 Å². The van der Waals surface area contributed by atoms with Crippen LogP contribution in [0.25, 0.3) is 5.69 Å². The van der Waals surface area contributed by atoms with E-state index in [4.69, 9.17) is 9.88 Å². The first kappa shape index (κ1) is 27.7. The van der Waals surface area contributed by atoms with E-state index < -0.39 is 50.4 Å². The van der Waals surface area contributed by atoms with Gasteiger partial charge < -0.3 is 9.57 Å². The summed E-state index contributed by atoms with van der Waals surface area (Å²) in [5.74, 6) is -1.35. The summed E-state index contributed by atoms with van der Waals surface area (Å²) in [7, 11) is -4.13. The normalized spacial score (nSPS) is 11.8. The Morgan fingerprint density at radius 2 is 1.92 bits per heavy atom. The van der Waals surface area contributed by atoms with Crippen molar-refractivity contribution in [2.24, 2.45) is 10.6 Å². The molecule has 198 valence electrons. The van der Waals surface area contributed by atoms with E-state index in [-0.39, 0.29) is 17.9 Å². The predicted octanol–water partition coefficient (Wildman–Crippen LogP) is 2.54. The van der Waals surface area contributed by atoms with Gasteiger partial charge in [-0.3, -0.25) is 4.79 Å². The molecule has 0 bridgehead atoms. The summed E-state index contributed by atoms with van der Waals surface area (Å²) >= 11 is 0. The van der Waals surface area contributed by atoms with E-state index in [0.717, 1.165) is 28.8 Å². The highest BCUT2D eigenvalue weighted by Gasteiger charge is 2.31. The van der Waals surface area contributed by atoms with Gasteiger partial charge in [0.2, 0.25) is 10.0 Å². The second-order valence-electron chi connectivity index (χ2n) is 9.08. The number of carbonyl (C=O) groups excluding carboxylic acids is 1. The van der Waals surface area contributed by atoms with E-state index in [1.165, 1.54) is 24.6 Å². The van der Waals surface area contributed by atoms with Gasteiger partial charge in [0.15, 0.2) is 12.4 Å². The summed E-state index contributed by atoms with van der Waals surface area (Å²) < 4.78 is 44.7. The summed E-state index contributed by atoms with van der Waals surface area (Å²) in [6.45, 7) is 5.76. The number of nitrogens with two attached hydrogens (primary N) is 1. The number of nitrogens with zero attached hydrogens (tertiary/aromatic N) is 4. The van der Waals surface area contributed by atoms with Crippen molar-refractivity contribution in [1.82, 2.24) is 14.8 Å². The van der Waals surface area contributed by atoms with Gasteiger partial charge in [-0.2, -0.15) is 0 Å². The second-order valence-corrected chi connectivity index (χ2v) is 10.6. The molecule has 1 aromatic heterocycles. The molecular weight excluding hydrogens is 509 g/mol. The molecular formula is C23H26FN5O7S. The van der Waals surface area contributed by atoms with Gasteiger partial charge in [-0.25, -0.2) is 27.6 Å². The fourth-order valence-corrected chi connectivity index (χ4v) is 3.88. The Morgan fingerprint density at radius 1 is 1.22 bits per heavy atom. The molecule has 0 aliphatic rings. The zero-order valence-electron chi connectivity index (χ0n) is 20.6. The fraction of sp³-hybridized carbons (Fsp3) is 0.348. The molecule has 0 aliphatic heterocycles. The first-order valence-corrected chi connectivity index (χ1v) is 12.5. The van der Waals surface area contributed by atoms with E-state index in [0.29, 0.717) is 5.82 Å². The van der Waals surface area contributed by atoms with Gasteiger partial charge in [-0.05, 0) is 57.0 Å². The highest BCUT2D eigenvalue weighted by atomic mass is 32.2. The van der Waals surface area contributed by atoms with Gasteiger partial charge in [-0.15, -0.1) is 15.2 Å². The summed E-state index contributed by atoms with van der Waals surface area (Å²) in [5, 5.41) is 18.8. The second kappa shape index (κ2) is 10.6. The maximum atomic E-state index is 15.0. The number of hydrogen-bond acceptors (Lipinski definition) is 9. The van der Waals surface area contributed by atoms with Crippen molar-refractivity contribution in [3.63, 3.8) is 0 Å². The van der Waals surface area contributed by atoms with E-state index in [1.54, 1.807) is 0 Å². The number of esters is 1. The number of benzene rings is 2. The lowest BCUT2D eigenvalue weighted by molar-refractivity contribution is -0.760. The van der Waals surface area contributed by atoms with Crippen LogP contribution >= 0.6 is 0 Å².